The van der Waals surface area contributed by atoms with Crippen LogP contribution in [-0.2, 0) is 20.5 Å². The second-order valence-corrected chi connectivity index (χ2v) is 8.93. The summed E-state index contributed by atoms with van der Waals surface area (Å²) in [5.74, 6) is -0.0960. The van der Waals surface area contributed by atoms with Crippen LogP contribution >= 0.6 is 15.9 Å². The molecule has 0 spiro atoms. The lowest BCUT2D eigenvalue weighted by atomic mass is 10.1. The van der Waals surface area contributed by atoms with E-state index in [9.17, 15) is 22.8 Å². The minimum absolute atomic E-state index is 0.0429. The Morgan fingerprint density at radius 1 is 1.29 bits per heavy atom. The molecule has 31 heavy (non-hydrogen) atoms. The molecule has 8 nitrogen and oxygen atoms in total. The molecule has 174 valence electrons. The third kappa shape index (κ3) is 6.70. The SMILES string of the molecule is CON(C)C(=O)CC1CN(C(=O)OC(C)(C)C)CCN1c1ncc(C(F)(F)F)cc1Br. The average Bonchev–Trinajstić information content (AvgIpc) is 2.65. The van der Waals surface area contributed by atoms with E-state index >= 15 is 0 Å². The van der Waals surface area contributed by atoms with Crippen molar-refractivity contribution in [2.75, 3.05) is 38.7 Å². The van der Waals surface area contributed by atoms with Gasteiger partial charge in [0.15, 0.2) is 0 Å². The molecule has 0 saturated carbocycles. The van der Waals surface area contributed by atoms with E-state index in [1.165, 1.54) is 19.1 Å². The van der Waals surface area contributed by atoms with Gasteiger partial charge >= 0.3 is 12.3 Å². The molecule has 12 heteroatoms. The minimum Gasteiger partial charge on any atom is -0.444 e. The lowest BCUT2D eigenvalue weighted by molar-refractivity contribution is -0.169. The summed E-state index contributed by atoms with van der Waals surface area (Å²) in [6.45, 7) is 5.89. The van der Waals surface area contributed by atoms with Crippen molar-refractivity contribution in [1.29, 1.82) is 0 Å². The second kappa shape index (κ2) is 9.60. The highest BCUT2D eigenvalue weighted by molar-refractivity contribution is 9.10. The number of anilines is 1. The van der Waals surface area contributed by atoms with Gasteiger partial charge in [-0.25, -0.2) is 14.8 Å². The van der Waals surface area contributed by atoms with Crippen LogP contribution in [0, 0.1) is 0 Å². The van der Waals surface area contributed by atoms with Crippen LogP contribution in [0.25, 0.3) is 0 Å². The molecule has 0 aliphatic carbocycles. The Morgan fingerprint density at radius 2 is 1.94 bits per heavy atom. The number of rotatable bonds is 4. The number of halogens is 4. The van der Waals surface area contributed by atoms with Gasteiger partial charge in [-0.2, -0.15) is 13.2 Å². The predicted molar refractivity (Wildman–Crippen MR) is 110 cm³/mol. The fourth-order valence-electron chi connectivity index (χ4n) is 3.03. The summed E-state index contributed by atoms with van der Waals surface area (Å²) in [4.78, 5) is 37.1. The number of hydroxylamine groups is 2. The van der Waals surface area contributed by atoms with E-state index in [1.54, 1.807) is 25.7 Å². The number of carbonyl (C=O) groups excluding carboxylic acids is 2. The molecule has 1 unspecified atom stereocenters. The van der Waals surface area contributed by atoms with Gasteiger partial charge in [-0.1, -0.05) is 0 Å². The maximum absolute atomic E-state index is 13.0. The summed E-state index contributed by atoms with van der Waals surface area (Å²) in [5, 5.41) is 1.06. The van der Waals surface area contributed by atoms with Crippen LogP contribution in [-0.4, -0.2) is 72.4 Å². The van der Waals surface area contributed by atoms with E-state index in [0.717, 1.165) is 17.3 Å². The molecule has 1 atom stereocenters. The topological polar surface area (TPSA) is 75.2 Å². The van der Waals surface area contributed by atoms with Gasteiger partial charge in [-0.15, -0.1) is 0 Å². The molecule has 1 aromatic heterocycles. The molecule has 2 heterocycles. The maximum Gasteiger partial charge on any atom is 0.417 e. The number of hydrogen-bond acceptors (Lipinski definition) is 6. The lowest BCUT2D eigenvalue weighted by Gasteiger charge is -2.42. The fourth-order valence-corrected chi connectivity index (χ4v) is 3.61. The first kappa shape index (κ1) is 25.2. The highest BCUT2D eigenvalue weighted by Gasteiger charge is 2.37. The Labute approximate surface area is 187 Å². The molecular formula is C19H26BrF3N4O4. The molecule has 1 aromatic rings. The normalized spacial score (nSPS) is 17.5. The zero-order valence-electron chi connectivity index (χ0n) is 18.0. The Bertz CT molecular complexity index is 816. The van der Waals surface area contributed by atoms with Crippen molar-refractivity contribution in [2.24, 2.45) is 0 Å². The Morgan fingerprint density at radius 3 is 2.45 bits per heavy atom. The summed E-state index contributed by atoms with van der Waals surface area (Å²) in [5.41, 5.74) is -1.57. The monoisotopic (exact) mass is 510 g/mol. The Kier molecular flexibility index (Phi) is 7.79. The zero-order chi connectivity index (χ0) is 23.6. The average molecular weight is 511 g/mol. The number of pyridine rings is 1. The molecule has 2 rings (SSSR count). The van der Waals surface area contributed by atoms with Crippen molar-refractivity contribution in [2.45, 2.75) is 45.0 Å². The summed E-state index contributed by atoms with van der Waals surface area (Å²) in [6, 6.07) is 0.398. The van der Waals surface area contributed by atoms with Gasteiger partial charge in [-0.3, -0.25) is 9.63 Å². The second-order valence-electron chi connectivity index (χ2n) is 8.08. The highest BCUT2D eigenvalue weighted by Crippen LogP contribution is 2.35. The van der Waals surface area contributed by atoms with E-state index in [2.05, 4.69) is 20.9 Å². The standard InChI is InChI=1S/C19H26BrF3N4O4/c1-18(2,3)31-17(29)26-6-7-27(13(11-26)9-15(28)25(4)30-5)16-14(20)8-12(10-24-16)19(21,22)23/h8,10,13H,6-7,9,11H2,1-5H3. The van der Waals surface area contributed by atoms with Crippen LogP contribution < -0.4 is 4.90 Å². The Balaban J connectivity index is 2.31. The number of alkyl halides is 3. The number of piperazine rings is 1. The van der Waals surface area contributed by atoms with Gasteiger partial charge in [0.05, 0.1) is 29.6 Å². The molecule has 1 fully saturated rings. The predicted octanol–water partition coefficient (Wildman–Crippen LogP) is 3.70. The van der Waals surface area contributed by atoms with Crippen molar-refractivity contribution in [3.8, 4) is 0 Å². The quantitative estimate of drug-likeness (QED) is 0.575. The fraction of sp³-hybridized carbons (Fsp3) is 0.632. The van der Waals surface area contributed by atoms with Gasteiger partial charge in [0.25, 0.3) is 0 Å². The van der Waals surface area contributed by atoms with E-state index < -0.39 is 29.5 Å². The molecule has 0 N–H and O–H groups in total. The van der Waals surface area contributed by atoms with E-state index in [0.29, 0.717) is 0 Å². The smallest absolute Gasteiger partial charge is 0.417 e. The molecule has 0 aromatic carbocycles. The molecule has 2 amide bonds. The van der Waals surface area contributed by atoms with Crippen molar-refractivity contribution in [1.82, 2.24) is 14.9 Å². The third-order valence-electron chi connectivity index (χ3n) is 4.59. The summed E-state index contributed by atoms with van der Waals surface area (Å²) in [6.07, 6.45) is -4.34. The molecule has 1 saturated heterocycles. The molecule has 1 aliphatic rings. The number of ether oxygens (including phenoxy) is 1. The van der Waals surface area contributed by atoms with Gasteiger partial charge in [0, 0.05) is 32.9 Å². The Hall–Kier alpha value is -2.08. The highest BCUT2D eigenvalue weighted by atomic mass is 79.9. The van der Waals surface area contributed by atoms with Gasteiger partial charge < -0.3 is 14.5 Å². The van der Waals surface area contributed by atoms with Crippen molar-refractivity contribution in [3.05, 3.63) is 22.3 Å². The van der Waals surface area contributed by atoms with Crippen LogP contribution in [0.1, 0.15) is 32.8 Å². The van der Waals surface area contributed by atoms with Gasteiger partial charge in [-0.05, 0) is 42.8 Å². The van der Waals surface area contributed by atoms with E-state index in [-0.39, 0.29) is 42.3 Å². The first-order chi connectivity index (χ1) is 14.2. The number of amides is 2. The number of aromatic nitrogens is 1. The first-order valence-corrected chi connectivity index (χ1v) is 10.3. The van der Waals surface area contributed by atoms with Crippen molar-refractivity contribution in [3.63, 3.8) is 0 Å². The number of nitrogens with zero attached hydrogens (tertiary/aromatic N) is 4. The molecule has 0 bridgehead atoms. The summed E-state index contributed by atoms with van der Waals surface area (Å²) < 4.78 is 44.6. The van der Waals surface area contributed by atoms with Crippen molar-refractivity contribution >= 4 is 33.7 Å². The zero-order valence-corrected chi connectivity index (χ0v) is 19.6. The lowest BCUT2D eigenvalue weighted by Crippen LogP contribution is -2.57. The third-order valence-corrected chi connectivity index (χ3v) is 5.17. The largest absolute Gasteiger partial charge is 0.444 e. The van der Waals surface area contributed by atoms with Crippen LogP contribution in [0.2, 0.25) is 0 Å². The van der Waals surface area contributed by atoms with E-state index in [4.69, 9.17) is 9.57 Å². The first-order valence-electron chi connectivity index (χ1n) is 9.51. The number of hydrogen-bond donors (Lipinski definition) is 0. The van der Waals surface area contributed by atoms with Crippen LogP contribution in [0.4, 0.5) is 23.8 Å². The van der Waals surface area contributed by atoms with Gasteiger partial charge in [0.1, 0.15) is 11.4 Å². The minimum atomic E-state index is -4.53. The summed E-state index contributed by atoms with van der Waals surface area (Å²) >= 11 is 3.17. The van der Waals surface area contributed by atoms with Crippen LogP contribution in [0.5, 0.6) is 0 Å². The molecular weight excluding hydrogens is 485 g/mol. The summed E-state index contributed by atoms with van der Waals surface area (Å²) in [7, 11) is 2.80. The van der Waals surface area contributed by atoms with Crippen LogP contribution in [0.15, 0.2) is 16.7 Å². The molecule has 1 aliphatic heterocycles. The van der Waals surface area contributed by atoms with Crippen LogP contribution in [0.3, 0.4) is 0 Å². The van der Waals surface area contributed by atoms with Crippen molar-refractivity contribution < 1.29 is 32.3 Å². The number of carbonyl (C=O) groups is 2. The van der Waals surface area contributed by atoms with Gasteiger partial charge in [0.2, 0.25) is 5.91 Å². The van der Waals surface area contributed by atoms with E-state index in [1.807, 2.05) is 0 Å². The maximum atomic E-state index is 13.0. The molecule has 0 radical (unpaired) electrons.